The largest absolute Gasteiger partial charge is 0.483 e. The molecule has 2 N–H and O–H groups in total. The van der Waals surface area contributed by atoms with Gasteiger partial charge in [-0.15, -0.1) is 0 Å². The van der Waals surface area contributed by atoms with Crippen molar-refractivity contribution in [3.63, 3.8) is 0 Å². The highest BCUT2D eigenvalue weighted by atomic mass is 16.5. The van der Waals surface area contributed by atoms with Crippen molar-refractivity contribution in [2.24, 2.45) is 5.92 Å². The fourth-order valence-electron chi connectivity index (χ4n) is 2.75. The molecule has 1 aromatic carbocycles. The lowest BCUT2D eigenvalue weighted by molar-refractivity contribution is -0.122. The second kappa shape index (κ2) is 8.31. The van der Waals surface area contributed by atoms with E-state index in [1.54, 1.807) is 24.3 Å². The lowest BCUT2D eigenvalue weighted by Crippen LogP contribution is -2.48. The van der Waals surface area contributed by atoms with Crippen molar-refractivity contribution >= 4 is 18.2 Å². The predicted octanol–water partition coefficient (Wildman–Crippen LogP) is 2.28. The normalized spacial score (nSPS) is 20.4. The molecule has 2 rings (SSSR count). The molecule has 0 spiro atoms. The van der Waals surface area contributed by atoms with Gasteiger partial charge >= 0.3 is 6.03 Å². The number of ether oxygens (including phenoxy) is 1. The van der Waals surface area contributed by atoms with Crippen LogP contribution in [0.25, 0.3) is 0 Å². The van der Waals surface area contributed by atoms with Crippen LogP contribution in [0.1, 0.15) is 43.0 Å². The fraction of sp³-hybridized carbons (Fsp3) is 0.471. The number of carbonyl (C=O) groups is 3. The third kappa shape index (κ3) is 5.09. The molecule has 0 bridgehead atoms. The zero-order valence-electron chi connectivity index (χ0n) is 13.2. The highest BCUT2D eigenvalue weighted by Crippen LogP contribution is 2.23. The van der Waals surface area contributed by atoms with Crippen molar-refractivity contribution < 1.29 is 19.1 Å². The molecule has 3 amide bonds. The minimum Gasteiger partial charge on any atom is -0.483 e. The molecule has 1 fully saturated rings. The molecular weight excluding hydrogens is 296 g/mol. The van der Waals surface area contributed by atoms with Crippen LogP contribution in [0.15, 0.2) is 24.3 Å². The number of aldehydes is 1. The second-order valence-electron chi connectivity index (χ2n) is 5.83. The van der Waals surface area contributed by atoms with Gasteiger partial charge in [0.2, 0.25) is 0 Å². The average molecular weight is 318 g/mol. The lowest BCUT2D eigenvalue weighted by Gasteiger charge is -2.29. The first kappa shape index (κ1) is 17.0. The summed E-state index contributed by atoms with van der Waals surface area (Å²) < 4.78 is 5.28. The highest BCUT2D eigenvalue weighted by molar-refractivity contribution is 5.95. The van der Waals surface area contributed by atoms with E-state index in [1.165, 1.54) is 6.42 Å². The van der Waals surface area contributed by atoms with Crippen molar-refractivity contribution in [2.75, 3.05) is 6.61 Å². The van der Waals surface area contributed by atoms with E-state index in [9.17, 15) is 14.4 Å². The highest BCUT2D eigenvalue weighted by Gasteiger charge is 2.23. The molecular formula is C17H22N2O4. The number of hydrogen-bond acceptors (Lipinski definition) is 4. The Labute approximate surface area is 135 Å². The van der Waals surface area contributed by atoms with Crippen molar-refractivity contribution in [3.8, 4) is 5.75 Å². The standard InChI is InChI=1S/C17H22N2O4/c1-12-6-2-4-8-14(12)18-17(22)19-16(21)11-23-15-9-5-3-7-13(15)10-20/h3,5,7,9-10,12,14H,2,4,6,8,11H2,1H3,(H2,18,19,21,22)/t12-,14+/m0/s1. The van der Waals surface area contributed by atoms with Gasteiger partial charge in [0.05, 0.1) is 5.56 Å². The number of amides is 3. The Morgan fingerprint density at radius 1 is 1.26 bits per heavy atom. The Balaban J connectivity index is 1.77. The van der Waals surface area contributed by atoms with E-state index >= 15 is 0 Å². The van der Waals surface area contributed by atoms with E-state index in [2.05, 4.69) is 17.6 Å². The maximum absolute atomic E-state index is 11.8. The molecule has 0 saturated heterocycles. The van der Waals surface area contributed by atoms with E-state index in [0.717, 1.165) is 19.3 Å². The SMILES string of the molecule is C[C@H]1CCCC[C@H]1NC(=O)NC(=O)COc1ccccc1C=O. The zero-order chi connectivity index (χ0) is 16.7. The maximum atomic E-state index is 11.8. The molecule has 2 atom stereocenters. The smallest absolute Gasteiger partial charge is 0.321 e. The fourth-order valence-corrected chi connectivity index (χ4v) is 2.75. The summed E-state index contributed by atoms with van der Waals surface area (Å²) in [5.41, 5.74) is 0.362. The van der Waals surface area contributed by atoms with Crippen LogP contribution in [0, 0.1) is 5.92 Å². The van der Waals surface area contributed by atoms with E-state index in [-0.39, 0.29) is 12.6 Å². The average Bonchev–Trinajstić information content (AvgIpc) is 2.55. The molecule has 1 saturated carbocycles. The number of rotatable bonds is 5. The first-order chi connectivity index (χ1) is 11.1. The van der Waals surface area contributed by atoms with E-state index in [4.69, 9.17) is 4.74 Å². The Kier molecular flexibility index (Phi) is 6.14. The molecule has 1 aromatic rings. The van der Waals surface area contributed by atoms with Gasteiger partial charge in [0, 0.05) is 6.04 Å². The Morgan fingerprint density at radius 3 is 2.74 bits per heavy atom. The van der Waals surface area contributed by atoms with Crippen molar-refractivity contribution in [3.05, 3.63) is 29.8 Å². The molecule has 0 aliphatic heterocycles. The minimum absolute atomic E-state index is 0.105. The number of nitrogens with one attached hydrogen (secondary N) is 2. The van der Waals surface area contributed by atoms with Gasteiger partial charge in [-0.05, 0) is 30.9 Å². The van der Waals surface area contributed by atoms with Crippen LogP contribution in [-0.2, 0) is 4.79 Å². The van der Waals surface area contributed by atoms with Gasteiger partial charge in [-0.25, -0.2) is 4.79 Å². The quantitative estimate of drug-likeness (QED) is 0.816. The van der Waals surface area contributed by atoms with Crippen LogP contribution in [0.3, 0.4) is 0 Å². The van der Waals surface area contributed by atoms with E-state index in [0.29, 0.717) is 23.5 Å². The summed E-state index contributed by atoms with van der Waals surface area (Å²) in [5.74, 6) is 0.186. The second-order valence-corrected chi connectivity index (χ2v) is 5.83. The van der Waals surface area contributed by atoms with Gasteiger partial charge in [-0.1, -0.05) is 31.9 Å². The van der Waals surface area contributed by atoms with Gasteiger partial charge in [0.25, 0.3) is 5.91 Å². The number of imide groups is 1. The van der Waals surface area contributed by atoms with Crippen molar-refractivity contribution in [1.29, 1.82) is 0 Å². The third-order valence-corrected chi connectivity index (χ3v) is 4.09. The van der Waals surface area contributed by atoms with Crippen LogP contribution >= 0.6 is 0 Å². The topological polar surface area (TPSA) is 84.5 Å². The van der Waals surface area contributed by atoms with Crippen LogP contribution in [0.4, 0.5) is 4.79 Å². The van der Waals surface area contributed by atoms with Crippen LogP contribution in [0.2, 0.25) is 0 Å². The molecule has 6 heteroatoms. The number of carbonyl (C=O) groups excluding carboxylic acids is 3. The van der Waals surface area contributed by atoms with Gasteiger partial charge in [-0.2, -0.15) is 0 Å². The first-order valence-electron chi connectivity index (χ1n) is 7.87. The molecule has 124 valence electrons. The Morgan fingerprint density at radius 2 is 2.00 bits per heavy atom. The number of benzene rings is 1. The molecule has 0 aromatic heterocycles. The van der Waals surface area contributed by atoms with E-state index in [1.807, 2.05) is 0 Å². The number of para-hydroxylation sites is 1. The minimum atomic E-state index is -0.549. The van der Waals surface area contributed by atoms with Gasteiger partial charge < -0.3 is 10.1 Å². The lowest BCUT2D eigenvalue weighted by atomic mass is 9.86. The predicted molar refractivity (Wildman–Crippen MR) is 85.4 cm³/mol. The maximum Gasteiger partial charge on any atom is 0.321 e. The number of hydrogen-bond donors (Lipinski definition) is 2. The van der Waals surface area contributed by atoms with Gasteiger partial charge in [0.15, 0.2) is 12.9 Å². The van der Waals surface area contributed by atoms with E-state index < -0.39 is 11.9 Å². The Bertz CT molecular complexity index is 573. The van der Waals surface area contributed by atoms with Crippen LogP contribution in [0.5, 0.6) is 5.75 Å². The van der Waals surface area contributed by atoms with Crippen molar-refractivity contribution in [2.45, 2.75) is 38.6 Å². The van der Waals surface area contributed by atoms with Crippen molar-refractivity contribution in [1.82, 2.24) is 10.6 Å². The zero-order valence-corrected chi connectivity index (χ0v) is 13.2. The monoisotopic (exact) mass is 318 g/mol. The summed E-state index contributed by atoms with van der Waals surface area (Å²) in [4.78, 5) is 34.5. The first-order valence-corrected chi connectivity index (χ1v) is 7.87. The summed E-state index contributed by atoms with van der Waals surface area (Å²) in [7, 11) is 0. The summed E-state index contributed by atoms with van der Waals surface area (Å²) in [6.07, 6.45) is 4.96. The summed E-state index contributed by atoms with van der Waals surface area (Å²) >= 11 is 0. The molecule has 23 heavy (non-hydrogen) atoms. The summed E-state index contributed by atoms with van der Waals surface area (Å²) in [6.45, 7) is 1.78. The summed E-state index contributed by atoms with van der Waals surface area (Å²) in [6, 6.07) is 6.21. The molecule has 1 aliphatic carbocycles. The van der Waals surface area contributed by atoms with Crippen LogP contribution < -0.4 is 15.4 Å². The third-order valence-electron chi connectivity index (χ3n) is 4.09. The Hall–Kier alpha value is -2.37. The molecule has 6 nitrogen and oxygen atoms in total. The number of urea groups is 1. The molecule has 0 unspecified atom stereocenters. The molecule has 0 radical (unpaired) electrons. The molecule has 0 heterocycles. The summed E-state index contributed by atoms with van der Waals surface area (Å²) in [5, 5.41) is 5.09. The van der Waals surface area contributed by atoms with Gasteiger partial charge in [0.1, 0.15) is 5.75 Å². The van der Waals surface area contributed by atoms with Gasteiger partial charge in [-0.3, -0.25) is 14.9 Å². The molecule has 1 aliphatic rings. The van der Waals surface area contributed by atoms with Crippen LogP contribution in [-0.4, -0.2) is 30.9 Å².